The number of ether oxygens (including phenoxy) is 4. The van der Waals surface area contributed by atoms with E-state index in [1.54, 1.807) is 6.92 Å². The molecule has 1 aromatic heterocycles. The highest BCUT2D eigenvalue weighted by Crippen LogP contribution is 2.45. The van der Waals surface area contributed by atoms with E-state index < -0.39 is 53.6 Å². The molecule has 1 aromatic rings. The largest absolute Gasteiger partial charge is 0.456 e. The molecule has 0 amide bonds. The Morgan fingerprint density at radius 2 is 1.50 bits per heavy atom. The van der Waals surface area contributed by atoms with Crippen molar-refractivity contribution in [3.63, 3.8) is 0 Å². The second-order valence-corrected chi connectivity index (χ2v) is 9.81. The number of carbonyl (C=O) groups is 3. The topological polar surface area (TPSA) is 114 Å². The van der Waals surface area contributed by atoms with Gasteiger partial charge in [0.15, 0.2) is 29.2 Å². The van der Waals surface area contributed by atoms with Crippen LogP contribution in [-0.2, 0) is 33.3 Å². The van der Waals surface area contributed by atoms with Crippen molar-refractivity contribution in [3.8, 4) is 0 Å². The van der Waals surface area contributed by atoms with E-state index >= 15 is 0 Å². The minimum Gasteiger partial charge on any atom is -0.456 e. The normalized spacial score (nSPS) is 27.8. The van der Waals surface area contributed by atoms with Gasteiger partial charge >= 0.3 is 17.9 Å². The molecule has 164 valence electrons. The van der Waals surface area contributed by atoms with Gasteiger partial charge in [-0.05, 0) is 6.92 Å². The number of carbonyl (C=O) groups excluding carboxylic acids is 3. The smallest absolute Gasteiger partial charge is 0.303 e. The van der Waals surface area contributed by atoms with Gasteiger partial charge in [0.2, 0.25) is 0 Å². The lowest BCUT2D eigenvalue weighted by atomic mass is 10.00. The first-order valence-corrected chi connectivity index (χ1v) is 11.7. The van der Waals surface area contributed by atoms with Gasteiger partial charge in [0.05, 0.1) is 16.1 Å². The lowest BCUT2D eigenvalue weighted by Gasteiger charge is -2.43. The summed E-state index contributed by atoms with van der Waals surface area (Å²) in [5.41, 5.74) is -0.950. The Bertz CT molecular complexity index is 859. The van der Waals surface area contributed by atoms with Crippen LogP contribution in [-0.4, -0.2) is 63.0 Å². The molecule has 5 atom stereocenters. The number of aromatic nitrogens is 2. The van der Waals surface area contributed by atoms with Crippen molar-refractivity contribution in [1.29, 1.82) is 0 Å². The lowest BCUT2D eigenvalue weighted by Crippen LogP contribution is -2.59. The van der Waals surface area contributed by atoms with Gasteiger partial charge in [0.1, 0.15) is 10.5 Å². The number of nitrogens with zero attached hydrogens (tertiary/aromatic N) is 2. The molecule has 0 aliphatic carbocycles. The Hall–Kier alpha value is -1.57. The van der Waals surface area contributed by atoms with Gasteiger partial charge in [0, 0.05) is 20.8 Å². The van der Waals surface area contributed by atoms with Crippen LogP contribution in [0.1, 0.15) is 27.7 Å². The van der Waals surface area contributed by atoms with E-state index in [0.29, 0.717) is 10.1 Å². The van der Waals surface area contributed by atoms with Crippen molar-refractivity contribution in [2.45, 2.75) is 72.5 Å². The number of hydrogen-bond donors (Lipinski definition) is 0. The molecule has 3 aliphatic heterocycles. The van der Waals surface area contributed by atoms with Crippen molar-refractivity contribution >= 4 is 53.2 Å². The van der Waals surface area contributed by atoms with Crippen LogP contribution < -0.4 is 0 Å². The second kappa shape index (κ2) is 9.71. The molecule has 0 saturated carbocycles. The highest BCUT2D eigenvalue weighted by atomic mass is 32.2. The molecule has 13 heteroatoms. The van der Waals surface area contributed by atoms with E-state index in [-0.39, 0.29) is 9.92 Å². The van der Waals surface area contributed by atoms with Crippen LogP contribution in [0.25, 0.3) is 0 Å². The molecule has 0 aromatic carbocycles. The fourth-order valence-corrected chi connectivity index (χ4v) is 6.29. The van der Waals surface area contributed by atoms with Crippen molar-refractivity contribution in [1.82, 2.24) is 10.2 Å². The third-order valence-electron chi connectivity index (χ3n) is 4.07. The van der Waals surface area contributed by atoms with Crippen molar-refractivity contribution in [2.75, 3.05) is 5.08 Å². The Morgan fingerprint density at radius 3 is 2.13 bits per heavy atom. The fourth-order valence-electron chi connectivity index (χ4n) is 2.98. The molecule has 3 aliphatic rings. The molecular weight excluding hydrogens is 459 g/mol. The minimum atomic E-state index is -1.15. The van der Waals surface area contributed by atoms with Crippen LogP contribution in [0.15, 0.2) is 14.9 Å². The SMILES string of the molecule is CC(=O)OC1C(C)OC(Sc2c3nnc(c2F)SCS3)C(OC(C)=O)C1OC(C)=O. The Morgan fingerprint density at radius 1 is 0.967 bits per heavy atom. The van der Waals surface area contributed by atoms with E-state index in [2.05, 4.69) is 10.2 Å². The predicted octanol–water partition coefficient (Wildman–Crippen LogP) is 2.40. The summed E-state index contributed by atoms with van der Waals surface area (Å²) in [6, 6.07) is 0. The average molecular weight is 479 g/mol. The zero-order valence-corrected chi connectivity index (χ0v) is 18.9. The maximum Gasteiger partial charge on any atom is 0.303 e. The predicted molar refractivity (Wildman–Crippen MR) is 105 cm³/mol. The number of rotatable bonds is 5. The van der Waals surface area contributed by atoms with Crippen LogP contribution in [0.3, 0.4) is 0 Å². The summed E-state index contributed by atoms with van der Waals surface area (Å²) in [4.78, 5) is 35.3. The van der Waals surface area contributed by atoms with Crippen LogP contribution in [0, 0.1) is 5.82 Å². The first-order chi connectivity index (χ1) is 14.2. The maximum absolute atomic E-state index is 14.9. The molecule has 5 unspecified atom stereocenters. The molecule has 0 spiro atoms. The summed E-state index contributed by atoms with van der Waals surface area (Å²) in [6.07, 6.45) is -4.03. The van der Waals surface area contributed by atoms with Crippen LogP contribution in [0.2, 0.25) is 0 Å². The van der Waals surface area contributed by atoms with Gasteiger partial charge in [-0.2, -0.15) is 0 Å². The number of fused-ring (bicyclic) bond motifs is 4. The molecule has 4 rings (SSSR count). The number of esters is 3. The third kappa shape index (κ3) is 5.18. The van der Waals surface area contributed by atoms with E-state index in [9.17, 15) is 18.8 Å². The van der Waals surface area contributed by atoms with Gasteiger partial charge in [-0.1, -0.05) is 35.3 Å². The fraction of sp³-hybridized carbons (Fsp3) is 0.588. The first kappa shape index (κ1) is 23.1. The Kier molecular flexibility index (Phi) is 7.47. The van der Waals surface area contributed by atoms with Gasteiger partial charge in [0.25, 0.3) is 0 Å². The zero-order chi connectivity index (χ0) is 22.0. The van der Waals surface area contributed by atoms with Crippen LogP contribution >= 0.6 is 35.3 Å². The van der Waals surface area contributed by atoms with E-state index in [0.717, 1.165) is 11.8 Å². The monoisotopic (exact) mass is 478 g/mol. The van der Waals surface area contributed by atoms with E-state index in [1.165, 1.54) is 44.3 Å². The molecule has 4 heterocycles. The minimum absolute atomic E-state index is 0.161. The van der Waals surface area contributed by atoms with E-state index in [4.69, 9.17) is 18.9 Å². The van der Waals surface area contributed by atoms with Crippen molar-refractivity contribution in [3.05, 3.63) is 5.82 Å². The van der Waals surface area contributed by atoms with Gasteiger partial charge in [-0.15, -0.1) is 10.2 Å². The highest BCUT2D eigenvalue weighted by molar-refractivity contribution is 8.16. The molecular formula is C17H19FN2O7S3. The van der Waals surface area contributed by atoms with Crippen molar-refractivity contribution < 1.29 is 37.7 Å². The molecule has 2 bridgehead atoms. The Labute approximate surface area is 184 Å². The summed E-state index contributed by atoms with van der Waals surface area (Å²) >= 11 is 3.51. The summed E-state index contributed by atoms with van der Waals surface area (Å²) in [7, 11) is 0. The van der Waals surface area contributed by atoms with Crippen LogP contribution in [0.4, 0.5) is 4.39 Å². The maximum atomic E-state index is 14.9. The van der Waals surface area contributed by atoms with Gasteiger partial charge in [-0.25, -0.2) is 4.39 Å². The number of hydrogen-bond acceptors (Lipinski definition) is 12. The van der Waals surface area contributed by atoms with E-state index in [1.807, 2.05) is 0 Å². The molecule has 0 radical (unpaired) electrons. The lowest BCUT2D eigenvalue weighted by molar-refractivity contribution is -0.229. The molecule has 1 saturated heterocycles. The average Bonchev–Trinajstić information content (AvgIpc) is 2.96. The summed E-state index contributed by atoms with van der Waals surface area (Å²) in [5.74, 6) is -2.47. The molecule has 1 fully saturated rings. The molecule has 0 N–H and O–H groups in total. The second-order valence-electron chi connectivity index (χ2n) is 6.41. The first-order valence-electron chi connectivity index (χ1n) is 8.83. The number of thioether (sulfide) groups is 3. The van der Waals surface area contributed by atoms with Gasteiger partial charge in [-0.3, -0.25) is 14.4 Å². The molecule has 9 nitrogen and oxygen atoms in total. The standard InChI is InChI=1S/C17H19FN2O7S3/c1-6-11(25-7(2)21)12(26-8(3)22)13(27-9(4)23)17(24-6)30-14-10(18)15-19-20-16(14)29-5-28-15/h6,11-13,17H,5H2,1-4H3. The van der Waals surface area contributed by atoms with Crippen molar-refractivity contribution in [2.24, 2.45) is 0 Å². The summed E-state index contributed by atoms with van der Waals surface area (Å²) in [6.45, 7) is 5.20. The molecule has 30 heavy (non-hydrogen) atoms. The summed E-state index contributed by atoms with van der Waals surface area (Å²) < 4.78 is 36.9. The van der Waals surface area contributed by atoms with Gasteiger partial charge < -0.3 is 18.9 Å². The Balaban J connectivity index is 1.97. The third-order valence-corrected chi connectivity index (χ3v) is 7.46. The highest BCUT2D eigenvalue weighted by Gasteiger charge is 2.51. The number of halogens is 1. The van der Waals surface area contributed by atoms with Crippen LogP contribution in [0.5, 0.6) is 0 Å². The summed E-state index contributed by atoms with van der Waals surface area (Å²) in [5, 5.41) is 8.97. The zero-order valence-electron chi connectivity index (χ0n) is 16.4. The quantitative estimate of drug-likeness (QED) is 0.457.